The molecule has 0 spiro atoms. The molecule has 2 saturated heterocycles. The van der Waals surface area contributed by atoms with Gasteiger partial charge in [-0.1, -0.05) is 0 Å². The zero-order chi connectivity index (χ0) is 10.1. The molecule has 0 aromatic rings. The quantitative estimate of drug-likeness (QED) is 0.564. The van der Waals surface area contributed by atoms with Crippen LogP contribution in [0.3, 0.4) is 0 Å². The van der Waals surface area contributed by atoms with Crippen LogP contribution in [0.2, 0.25) is 0 Å². The third-order valence-electron chi connectivity index (χ3n) is 2.81. The first-order valence-corrected chi connectivity index (χ1v) is 6.32. The van der Waals surface area contributed by atoms with Crippen molar-refractivity contribution >= 4 is 22.5 Å². The summed E-state index contributed by atoms with van der Waals surface area (Å²) in [7, 11) is -0.704. The van der Waals surface area contributed by atoms with Gasteiger partial charge in [0, 0.05) is 28.3 Å². The highest BCUT2D eigenvalue weighted by atomic mass is 32.2. The minimum Gasteiger partial charge on any atom is -0.332 e. The monoisotopic (exact) mass is 215 g/mol. The van der Waals surface area contributed by atoms with Gasteiger partial charge >= 0.3 is 0 Å². The van der Waals surface area contributed by atoms with Gasteiger partial charge in [0.1, 0.15) is 0 Å². The Kier molecular flexibility index (Phi) is 2.67. The predicted molar refractivity (Wildman–Crippen MR) is 52.2 cm³/mol. The van der Waals surface area contributed by atoms with Crippen LogP contribution < -0.4 is 0 Å². The van der Waals surface area contributed by atoms with E-state index in [0.29, 0.717) is 11.5 Å². The van der Waals surface area contributed by atoms with Gasteiger partial charge in [0.15, 0.2) is 5.78 Å². The van der Waals surface area contributed by atoms with Crippen molar-refractivity contribution in [2.45, 2.75) is 25.3 Å². The molecule has 0 saturated carbocycles. The van der Waals surface area contributed by atoms with Crippen molar-refractivity contribution in [3.05, 3.63) is 0 Å². The molecule has 2 rings (SSSR count). The smallest absolute Gasteiger partial charge is 0.230 e. The van der Waals surface area contributed by atoms with Crippen LogP contribution in [-0.2, 0) is 20.4 Å². The Labute approximate surface area is 85.1 Å². The Bertz CT molecular complexity index is 292. The molecule has 2 heterocycles. The van der Waals surface area contributed by atoms with E-state index < -0.39 is 10.8 Å². The maximum atomic E-state index is 11.4. The van der Waals surface area contributed by atoms with Crippen LogP contribution in [0.1, 0.15) is 19.3 Å². The van der Waals surface area contributed by atoms with Gasteiger partial charge < -0.3 is 4.90 Å². The lowest BCUT2D eigenvalue weighted by atomic mass is 10.1. The minimum absolute atomic E-state index is 0.0155. The van der Waals surface area contributed by atoms with E-state index in [9.17, 15) is 13.8 Å². The van der Waals surface area contributed by atoms with Crippen molar-refractivity contribution in [1.29, 1.82) is 0 Å². The van der Waals surface area contributed by atoms with E-state index >= 15 is 0 Å². The zero-order valence-electron chi connectivity index (χ0n) is 7.90. The van der Waals surface area contributed by atoms with E-state index in [1.807, 2.05) is 0 Å². The first kappa shape index (κ1) is 9.83. The first-order chi connectivity index (χ1) is 6.66. The van der Waals surface area contributed by atoms with Crippen molar-refractivity contribution in [1.82, 2.24) is 4.90 Å². The Balaban J connectivity index is 1.98. The van der Waals surface area contributed by atoms with Crippen LogP contribution in [0.25, 0.3) is 0 Å². The Morgan fingerprint density at radius 3 is 2.36 bits per heavy atom. The van der Waals surface area contributed by atoms with Crippen molar-refractivity contribution in [2.75, 3.05) is 18.1 Å². The Hall–Kier alpha value is -0.710. The van der Waals surface area contributed by atoms with Gasteiger partial charge in [-0.15, -0.1) is 0 Å². The molecule has 14 heavy (non-hydrogen) atoms. The lowest BCUT2D eigenvalue weighted by Gasteiger charge is -2.29. The number of carbonyl (C=O) groups is 2. The maximum Gasteiger partial charge on any atom is 0.230 e. The highest BCUT2D eigenvalue weighted by molar-refractivity contribution is 7.85. The van der Waals surface area contributed by atoms with E-state index in [1.54, 1.807) is 4.90 Å². The summed E-state index contributed by atoms with van der Waals surface area (Å²) >= 11 is 0. The third-order valence-corrected chi connectivity index (χ3v) is 4.20. The number of hydrogen-bond donors (Lipinski definition) is 0. The SMILES string of the molecule is O=C1CC(=O)N(C2CCS(=O)CC2)C1. The van der Waals surface area contributed by atoms with E-state index in [1.165, 1.54) is 0 Å². The fourth-order valence-electron chi connectivity index (χ4n) is 2.03. The molecule has 2 fully saturated rings. The number of ketones is 1. The predicted octanol–water partition coefficient (Wildman–Crippen LogP) is -0.301. The highest BCUT2D eigenvalue weighted by Gasteiger charge is 2.34. The van der Waals surface area contributed by atoms with Crippen LogP contribution in [0.15, 0.2) is 0 Å². The topological polar surface area (TPSA) is 54.5 Å². The summed E-state index contributed by atoms with van der Waals surface area (Å²) in [6, 6.07) is 0.159. The molecule has 0 bridgehead atoms. The van der Waals surface area contributed by atoms with Crippen LogP contribution in [0.4, 0.5) is 0 Å². The molecule has 0 unspecified atom stereocenters. The number of amides is 1. The van der Waals surface area contributed by atoms with E-state index in [2.05, 4.69) is 0 Å². The van der Waals surface area contributed by atoms with Gasteiger partial charge in [0.05, 0.1) is 13.0 Å². The Morgan fingerprint density at radius 1 is 1.21 bits per heavy atom. The number of carbonyl (C=O) groups excluding carboxylic acids is 2. The zero-order valence-corrected chi connectivity index (χ0v) is 8.72. The van der Waals surface area contributed by atoms with Crippen LogP contribution in [0, 0.1) is 0 Å². The van der Waals surface area contributed by atoms with Crippen molar-refractivity contribution in [2.24, 2.45) is 0 Å². The summed E-state index contributed by atoms with van der Waals surface area (Å²) in [5.41, 5.74) is 0. The third kappa shape index (κ3) is 1.87. The lowest BCUT2D eigenvalue weighted by Crippen LogP contribution is -2.41. The number of Topliss-reactive ketones (excluding diaryl/α,β-unsaturated/α-hetero) is 1. The van der Waals surface area contributed by atoms with Gasteiger partial charge in [-0.25, -0.2) is 0 Å². The molecular weight excluding hydrogens is 202 g/mol. The number of hydrogen-bond acceptors (Lipinski definition) is 3. The van der Waals surface area contributed by atoms with E-state index in [-0.39, 0.29) is 30.7 Å². The number of rotatable bonds is 1. The average Bonchev–Trinajstić information content (AvgIpc) is 2.47. The summed E-state index contributed by atoms with van der Waals surface area (Å²) in [6.45, 7) is 0.274. The molecule has 0 aromatic heterocycles. The standard InChI is InChI=1S/C9H13NO3S/c11-8-5-9(12)10(6-8)7-1-3-14(13)4-2-7/h7H,1-6H2. The first-order valence-electron chi connectivity index (χ1n) is 4.83. The molecule has 0 atom stereocenters. The maximum absolute atomic E-state index is 11.4. The highest BCUT2D eigenvalue weighted by Crippen LogP contribution is 2.20. The molecule has 0 radical (unpaired) electrons. The van der Waals surface area contributed by atoms with Gasteiger partial charge in [-0.3, -0.25) is 13.8 Å². The summed E-state index contributed by atoms with van der Waals surface area (Å²) in [6.07, 6.45) is 1.64. The van der Waals surface area contributed by atoms with Crippen LogP contribution in [0.5, 0.6) is 0 Å². The summed E-state index contributed by atoms with van der Waals surface area (Å²) in [5.74, 6) is 1.31. The number of likely N-dealkylation sites (tertiary alicyclic amines) is 1. The second kappa shape index (κ2) is 3.81. The molecule has 4 nitrogen and oxygen atoms in total. The van der Waals surface area contributed by atoms with Gasteiger partial charge in [-0.2, -0.15) is 0 Å². The molecule has 78 valence electrons. The molecule has 0 aromatic carbocycles. The average molecular weight is 215 g/mol. The van der Waals surface area contributed by atoms with Crippen LogP contribution in [-0.4, -0.2) is 44.9 Å². The Morgan fingerprint density at radius 2 is 1.86 bits per heavy atom. The normalized spacial score (nSPS) is 33.9. The van der Waals surface area contributed by atoms with Gasteiger partial charge in [-0.05, 0) is 12.8 Å². The molecular formula is C9H13NO3S. The molecule has 2 aliphatic rings. The fourth-order valence-corrected chi connectivity index (χ4v) is 3.30. The van der Waals surface area contributed by atoms with E-state index in [4.69, 9.17) is 0 Å². The van der Waals surface area contributed by atoms with Gasteiger partial charge in [0.25, 0.3) is 0 Å². The molecule has 2 aliphatic heterocycles. The largest absolute Gasteiger partial charge is 0.332 e. The minimum atomic E-state index is -0.704. The second-order valence-corrected chi connectivity index (χ2v) is 5.51. The van der Waals surface area contributed by atoms with Crippen molar-refractivity contribution in [3.63, 3.8) is 0 Å². The van der Waals surface area contributed by atoms with Crippen LogP contribution >= 0.6 is 0 Å². The second-order valence-electron chi connectivity index (χ2n) is 3.82. The fraction of sp³-hybridized carbons (Fsp3) is 0.778. The molecule has 0 aliphatic carbocycles. The lowest BCUT2D eigenvalue weighted by molar-refractivity contribution is -0.129. The molecule has 5 heteroatoms. The van der Waals surface area contributed by atoms with Crippen molar-refractivity contribution in [3.8, 4) is 0 Å². The summed E-state index contributed by atoms with van der Waals surface area (Å²) in [5, 5.41) is 0. The summed E-state index contributed by atoms with van der Waals surface area (Å²) in [4.78, 5) is 24.1. The van der Waals surface area contributed by atoms with E-state index in [0.717, 1.165) is 12.8 Å². The number of nitrogens with zero attached hydrogens (tertiary/aromatic N) is 1. The summed E-state index contributed by atoms with van der Waals surface area (Å²) < 4.78 is 11.1. The molecule has 0 N–H and O–H groups in total. The van der Waals surface area contributed by atoms with Crippen molar-refractivity contribution < 1.29 is 13.8 Å². The molecule has 1 amide bonds. The van der Waals surface area contributed by atoms with Gasteiger partial charge in [0.2, 0.25) is 5.91 Å².